The van der Waals surface area contributed by atoms with Gasteiger partial charge in [-0.3, -0.25) is 13.9 Å². The van der Waals surface area contributed by atoms with Crippen molar-refractivity contribution < 1.29 is 31.6 Å². The van der Waals surface area contributed by atoms with Crippen molar-refractivity contribution in [2.45, 2.75) is 33.3 Å². The van der Waals surface area contributed by atoms with Crippen molar-refractivity contribution in [2.24, 2.45) is 7.05 Å². The zero-order valence-electron chi connectivity index (χ0n) is 27.1. The molecule has 14 heteroatoms. The number of benzene rings is 2. The van der Waals surface area contributed by atoms with Crippen molar-refractivity contribution in [3.63, 3.8) is 0 Å². The molecule has 12 nitrogen and oxygen atoms in total. The largest absolute Gasteiger partial charge is 0.455 e. The number of sulfonamides is 1. The minimum atomic E-state index is -3.84. The predicted molar refractivity (Wildman–Crippen MR) is 177 cm³/mol. The van der Waals surface area contributed by atoms with Gasteiger partial charge >= 0.3 is 6.09 Å². The zero-order valence-corrected chi connectivity index (χ0v) is 27.9. The lowest BCUT2D eigenvalue weighted by Crippen LogP contribution is -2.29. The average molecular weight is 664 g/mol. The van der Waals surface area contributed by atoms with Crippen LogP contribution in [0.2, 0.25) is 0 Å². The molecule has 0 unspecified atom stereocenters. The highest BCUT2D eigenvalue weighted by Crippen LogP contribution is 2.41. The van der Waals surface area contributed by atoms with Crippen LogP contribution in [0, 0.1) is 12.7 Å². The molecular formula is C33H34FN5O7S. The van der Waals surface area contributed by atoms with Crippen molar-refractivity contribution in [3.8, 4) is 34.0 Å². The molecule has 0 aliphatic heterocycles. The number of rotatable bonds is 6. The van der Waals surface area contributed by atoms with Crippen LogP contribution >= 0.6 is 0 Å². The topological polar surface area (TPSA) is 146 Å². The molecule has 0 aliphatic rings. The molecule has 3 heterocycles. The lowest BCUT2D eigenvalue weighted by Gasteiger charge is -2.22. The van der Waals surface area contributed by atoms with E-state index in [0.29, 0.717) is 16.6 Å². The number of nitrogens with one attached hydrogen (secondary N) is 1. The van der Waals surface area contributed by atoms with Crippen LogP contribution in [-0.2, 0) is 21.8 Å². The monoisotopic (exact) mass is 663 g/mol. The SMILES string of the molecule is CNC(=O)c1c(-c2ccc(F)cc2)oc2cc(N(C)S(C)(=O)=O)c(-c3cn(C)c(=O)c(-c4ccc(C)n4C(=O)OC(C)(C)C)n3)cc12. The van der Waals surface area contributed by atoms with E-state index in [0.717, 1.165) is 10.6 Å². The third-order valence-electron chi connectivity index (χ3n) is 7.45. The van der Waals surface area contributed by atoms with Crippen molar-refractivity contribution in [2.75, 3.05) is 24.7 Å². The Kier molecular flexibility index (Phi) is 8.35. The average Bonchev–Trinajstić information content (AvgIpc) is 3.56. The molecular weight excluding hydrogens is 629 g/mol. The Bertz CT molecular complexity index is 2230. The Labute approximate surface area is 270 Å². The second-order valence-electron chi connectivity index (χ2n) is 12.1. The van der Waals surface area contributed by atoms with Gasteiger partial charge in [0.05, 0.1) is 28.9 Å². The second-order valence-corrected chi connectivity index (χ2v) is 14.1. The molecule has 0 atom stereocenters. The molecule has 1 N–H and O–H groups in total. The van der Waals surface area contributed by atoms with Gasteiger partial charge in [-0.1, -0.05) is 0 Å². The number of anilines is 1. The van der Waals surface area contributed by atoms with Gasteiger partial charge in [0, 0.05) is 55.6 Å². The summed E-state index contributed by atoms with van der Waals surface area (Å²) in [7, 11) is 0.464. The van der Waals surface area contributed by atoms with E-state index in [1.165, 1.54) is 66.8 Å². The highest BCUT2D eigenvalue weighted by atomic mass is 32.2. The fourth-order valence-electron chi connectivity index (χ4n) is 5.11. The van der Waals surface area contributed by atoms with Crippen LogP contribution in [0.3, 0.4) is 0 Å². The number of halogens is 1. The number of fused-ring (bicyclic) bond motifs is 1. The molecule has 2 aromatic carbocycles. The Morgan fingerprint density at radius 1 is 1.09 bits per heavy atom. The summed E-state index contributed by atoms with van der Waals surface area (Å²) in [6.45, 7) is 6.86. The third kappa shape index (κ3) is 6.28. The van der Waals surface area contributed by atoms with E-state index < -0.39 is 39.0 Å². The number of carbonyl (C=O) groups is 2. The predicted octanol–water partition coefficient (Wildman–Crippen LogP) is 5.32. The summed E-state index contributed by atoms with van der Waals surface area (Å²) in [6.07, 6.45) is 1.75. The fourth-order valence-corrected chi connectivity index (χ4v) is 5.62. The van der Waals surface area contributed by atoms with Gasteiger partial charge < -0.3 is 19.0 Å². The minimum Gasteiger partial charge on any atom is -0.455 e. The molecule has 0 radical (unpaired) electrons. The summed E-state index contributed by atoms with van der Waals surface area (Å²) >= 11 is 0. The Morgan fingerprint density at radius 2 is 1.74 bits per heavy atom. The molecule has 5 rings (SSSR count). The highest BCUT2D eigenvalue weighted by Gasteiger charge is 2.28. The minimum absolute atomic E-state index is 0.0947. The van der Waals surface area contributed by atoms with Crippen LogP contribution < -0.4 is 15.2 Å². The lowest BCUT2D eigenvalue weighted by atomic mass is 10.0. The van der Waals surface area contributed by atoms with Crippen LogP contribution in [-0.4, -0.2) is 60.5 Å². The van der Waals surface area contributed by atoms with Crippen molar-refractivity contribution in [1.29, 1.82) is 0 Å². The van der Waals surface area contributed by atoms with Crippen LogP contribution in [0.1, 0.15) is 36.8 Å². The van der Waals surface area contributed by atoms with E-state index in [-0.39, 0.29) is 45.2 Å². The Balaban J connectivity index is 1.83. The van der Waals surface area contributed by atoms with Crippen molar-refractivity contribution in [1.82, 2.24) is 19.4 Å². The number of amides is 1. The summed E-state index contributed by atoms with van der Waals surface area (Å²) in [6, 6.07) is 11.6. The molecule has 0 aliphatic carbocycles. The molecule has 3 aromatic heterocycles. The van der Waals surface area contributed by atoms with Crippen LogP contribution in [0.5, 0.6) is 0 Å². The molecule has 0 saturated carbocycles. The first kappa shape index (κ1) is 33.1. The number of furan rings is 1. The molecule has 246 valence electrons. The number of nitrogens with zero attached hydrogens (tertiary/aromatic N) is 4. The normalized spacial score (nSPS) is 11.9. The van der Waals surface area contributed by atoms with Crippen LogP contribution in [0.25, 0.3) is 44.9 Å². The molecule has 0 bridgehead atoms. The van der Waals surface area contributed by atoms with Gasteiger partial charge in [-0.2, -0.15) is 0 Å². The molecule has 5 aromatic rings. The standard InChI is InChI=1S/C33H34FN5O7S/c1-18-9-14-24(39(18)32(42)46-33(2,3)4)28-31(41)37(6)17-23(36-28)21-15-22-26(16-25(21)38(7)47(8,43)44)45-29(27(22)30(40)35-5)19-10-12-20(34)13-11-19/h9-17H,1-8H3,(H,35,40). The summed E-state index contributed by atoms with van der Waals surface area (Å²) in [5.41, 5.74) is 0.510. The van der Waals surface area contributed by atoms with Gasteiger partial charge in [-0.15, -0.1) is 0 Å². The number of hydrogen-bond acceptors (Lipinski definition) is 8. The summed E-state index contributed by atoms with van der Waals surface area (Å²) < 4.78 is 54.7. The Morgan fingerprint density at radius 3 is 2.34 bits per heavy atom. The summed E-state index contributed by atoms with van der Waals surface area (Å²) in [4.78, 5) is 44.7. The number of aromatic nitrogens is 3. The van der Waals surface area contributed by atoms with Crippen LogP contribution in [0.4, 0.5) is 14.9 Å². The van der Waals surface area contributed by atoms with Crippen LogP contribution in [0.15, 0.2) is 63.9 Å². The van der Waals surface area contributed by atoms with E-state index >= 15 is 0 Å². The van der Waals surface area contributed by atoms with E-state index in [4.69, 9.17) is 9.15 Å². The lowest BCUT2D eigenvalue weighted by molar-refractivity contribution is 0.0537. The fraction of sp³-hybridized carbons (Fsp3) is 0.273. The van der Waals surface area contributed by atoms with Gasteiger partial charge in [0.2, 0.25) is 10.0 Å². The van der Waals surface area contributed by atoms with Crippen molar-refractivity contribution >= 4 is 38.7 Å². The maximum Gasteiger partial charge on any atom is 0.419 e. The molecule has 0 saturated heterocycles. The van der Waals surface area contributed by atoms with Crippen molar-refractivity contribution in [3.05, 3.63) is 82.2 Å². The van der Waals surface area contributed by atoms with E-state index in [1.54, 1.807) is 45.9 Å². The van der Waals surface area contributed by atoms with E-state index in [2.05, 4.69) is 10.3 Å². The first-order valence-corrected chi connectivity index (χ1v) is 16.3. The zero-order chi connectivity index (χ0) is 34.6. The van der Waals surface area contributed by atoms with Gasteiger partial charge in [-0.25, -0.2) is 27.2 Å². The number of carbonyl (C=O) groups excluding carboxylic acids is 2. The quantitative estimate of drug-likeness (QED) is 0.257. The number of ether oxygens (including phenoxy) is 1. The Hall–Kier alpha value is -5.24. The summed E-state index contributed by atoms with van der Waals surface area (Å²) in [5, 5.41) is 2.91. The van der Waals surface area contributed by atoms with E-state index in [9.17, 15) is 27.2 Å². The number of hydrogen-bond donors (Lipinski definition) is 1. The maximum atomic E-state index is 13.8. The number of aryl methyl sites for hydroxylation is 2. The van der Waals surface area contributed by atoms with Gasteiger partial charge in [0.15, 0.2) is 5.69 Å². The van der Waals surface area contributed by atoms with E-state index in [1.807, 2.05) is 0 Å². The third-order valence-corrected chi connectivity index (χ3v) is 8.64. The van der Waals surface area contributed by atoms with Gasteiger partial charge in [-0.05, 0) is 70.2 Å². The first-order valence-electron chi connectivity index (χ1n) is 14.4. The molecule has 1 amide bonds. The molecule has 0 spiro atoms. The second kappa shape index (κ2) is 11.8. The van der Waals surface area contributed by atoms with Gasteiger partial charge in [0.1, 0.15) is 22.8 Å². The summed E-state index contributed by atoms with van der Waals surface area (Å²) in [5.74, 6) is -0.836. The smallest absolute Gasteiger partial charge is 0.419 e. The molecule has 0 fully saturated rings. The maximum absolute atomic E-state index is 13.8. The van der Waals surface area contributed by atoms with Gasteiger partial charge in [0.25, 0.3) is 11.5 Å². The highest BCUT2D eigenvalue weighted by molar-refractivity contribution is 7.92. The first-order chi connectivity index (χ1) is 21.9. The molecule has 47 heavy (non-hydrogen) atoms.